The van der Waals surface area contributed by atoms with Crippen molar-refractivity contribution in [2.45, 2.75) is 27.4 Å². The number of rotatable bonds is 4. The molecule has 2 rings (SSSR count). The van der Waals surface area contributed by atoms with Crippen molar-refractivity contribution in [3.8, 4) is 0 Å². The number of oxime groups is 1. The summed E-state index contributed by atoms with van der Waals surface area (Å²) in [7, 11) is 0. The SMILES string of the molecule is C/C(=N\OCc1ccc(Cl)cc1)c1cnc(C)nc1C. The fourth-order valence-electron chi connectivity index (χ4n) is 1.77. The number of benzene rings is 1. The molecule has 0 amide bonds. The lowest BCUT2D eigenvalue weighted by Gasteiger charge is -2.05. The number of nitrogens with zero attached hydrogens (tertiary/aromatic N) is 3. The van der Waals surface area contributed by atoms with Crippen LogP contribution in [0.15, 0.2) is 35.6 Å². The Labute approximate surface area is 123 Å². The van der Waals surface area contributed by atoms with Crippen LogP contribution in [-0.2, 0) is 11.4 Å². The topological polar surface area (TPSA) is 47.4 Å². The van der Waals surface area contributed by atoms with Crippen LogP contribution in [-0.4, -0.2) is 15.7 Å². The van der Waals surface area contributed by atoms with E-state index in [1.165, 1.54) is 0 Å². The number of hydrogen-bond acceptors (Lipinski definition) is 4. The van der Waals surface area contributed by atoms with E-state index in [-0.39, 0.29) is 0 Å². The van der Waals surface area contributed by atoms with Gasteiger partial charge in [0.25, 0.3) is 0 Å². The molecule has 1 heterocycles. The Balaban J connectivity index is 2.02. The van der Waals surface area contributed by atoms with Crippen LogP contribution < -0.4 is 0 Å². The van der Waals surface area contributed by atoms with Gasteiger partial charge >= 0.3 is 0 Å². The fourth-order valence-corrected chi connectivity index (χ4v) is 1.90. The van der Waals surface area contributed by atoms with Crippen LogP contribution in [0.2, 0.25) is 5.02 Å². The summed E-state index contributed by atoms with van der Waals surface area (Å²) in [5.41, 5.74) is 3.57. The van der Waals surface area contributed by atoms with Gasteiger partial charge in [0.2, 0.25) is 0 Å². The molecule has 0 aliphatic carbocycles. The summed E-state index contributed by atoms with van der Waals surface area (Å²) in [5, 5.41) is 4.82. The van der Waals surface area contributed by atoms with Gasteiger partial charge in [0.1, 0.15) is 12.4 Å². The van der Waals surface area contributed by atoms with Gasteiger partial charge in [-0.25, -0.2) is 9.97 Å². The highest BCUT2D eigenvalue weighted by atomic mass is 35.5. The zero-order valence-corrected chi connectivity index (χ0v) is 12.5. The Morgan fingerprint density at radius 2 is 1.95 bits per heavy atom. The second kappa shape index (κ2) is 6.48. The average molecular weight is 290 g/mol. The van der Waals surface area contributed by atoms with Crippen molar-refractivity contribution in [3.05, 3.63) is 58.1 Å². The van der Waals surface area contributed by atoms with Gasteiger partial charge in [0, 0.05) is 16.8 Å². The van der Waals surface area contributed by atoms with Crippen molar-refractivity contribution in [2.75, 3.05) is 0 Å². The van der Waals surface area contributed by atoms with E-state index in [9.17, 15) is 0 Å². The van der Waals surface area contributed by atoms with E-state index in [0.29, 0.717) is 11.6 Å². The lowest BCUT2D eigenvalue weighted by molar-refractivity contribution is 0.130. The first-order valence-electron chi connectivity index (χ1n) is 6.28. The molecule has 1 aromatic heterocycles. The molecule has 1 aromatic carbocycles. The summed E-state index contributed by atoms with van der Waals surface area (Å²) in [5.74, 6) is 0.751. The molecule has 5 heteroatoms. The zero-order valence-electron chi connectivity index (χ0n) is 11.7. The fraction of sp³-hybridized carbons (Fsp3) is 0.267. The van der Waals surface area contributed by atoms with Crippen LogP contribution in [0.3, 0.4) is 0 Å². The summed E-state index contributed by atoms with van der Waals surface area (Å²) in [4.78, 5) is 13.8. The normalized spacial score (nSPS) is 11.5. The Morgan fingerprint density at radius 1 is 1.25 bits per heavy atom. The van der Waals surface area contributed by atoms with Crippen molar-refractivity contribution >= 4 is 17.3 Å². The molecule has 0 atom stereocenters. The molecular formula is C15H16ClN3O. The molecule has 4 nitrogen and oxygen atoms in total. The number of aromatic nitrogens is 2. The zero-order chi connectivity index (χ0) is 14.5. The second-order valence-corrected chi connectivity index (χ2v) is 4.93. The van der Waals surface area contributed by atoms with Gasteiger partial charge in [0.15, 0.2) is 0 Å². The van der Waals surface area contributed by atoms with Gasteiger partial charge in [-0.15, -0.1) is 0 Å². The van der Waals surface area contributed by atoms with Crippen LogP contribution in [0.4, 0.5) is 0 Å². The smallest absolute Gasteiger partial charge is 0.142 e. The third-order valence-corrected chi connectivity index (χ3v) is 3.09. The molecule has 20 heavy (non-hydrogen) atoms. The molecule has 0 saturated heterocycles. The molecule has 0 unspecified atom stereocenters. The standard InChI is InChI=1S/C15H16ClN3O/c1-10-15(8-17-12(3)18-10)11(2)19-20-9-13-4-6-14(16)7-5-13/h4-8H,9H2,1-3H3/b19-11+. The van der Waals surface area contributed by atoms with Crippen molar-refractivity contribution in [2.24, 2.45) is 5.16 Å². The highest BCUT2D eigenvalue weighted by Gasteiger charge is 2.05. The van der Waals surface area contributed by atoms with Crippen LogP contribution in [0.1, 0.15) is 29.6 Å². The molecule has 2 aromatic rings. The maximum atomic E-state index is 5.82. The maximum Gasteiger partial charge on any atom is 0.142 e. The van der Waals surface area contributed by atoms with Crippen molar-refractivity contribution in [1.82, 2.24) is 9.97 Å². The second-order valence-electron chi connectivity index (χ2n) is 4.49. The van der Waals surface area contributed by atoms with Gasteiger partial charge in [-0.2, -0.15) is 0 Å². The maximum absolute atomic E-state index is 5.82. The summed E-state index contributed by atoms with van der Waals surface area (Å²) >= 11 is 5.82. The quantitative estimate of drug-likeness (QED) is 0.637. The lowest BCUT2D eigenvalue weighted by Crippen LogP contribution is -2.04. The van der Waals surface area contributed by atoms with Crippen LogP contribution in [0, 0.1) is 13.8 Å². The van der Waals surface area contributed by atoms with E-state index < -0.39 is 0 Å². The highest BCUT2D eigenvalue weighted by molar-refractivity contribution is 6.30. The van der Waals surface area contributed by atoms with Crippen molar-refractivity contribution in [1.29, 1.82) is 0 Å². The predicted molar refractivity (Wildman–Crippen MR) is 80.0 cm³/mol. The molecule has 0 saturated carbocycles. The predicted octanol–water partition coefficient (Wildman–Crippen LogP) is 3.69. The molecule has 0 radical (unpaired) electrons. The minimum Gasteiger partial charge on any atom is -0.391 e. The van der Waals surface area contributed by atoms with E-state index in [1.54, 1.807) is 6.20 Å². The van der Waals surface area contributed by atoms with Gasteiger partial charge in [0.05, 0.1) is 11.4 Å². The Morgan fingerprint density at radius 3 is 2.60 bits per heavy atom. The first-order chi connectivity index (χ1) is 9.56. The molecule has 0 fully saturated rings. The minimum absolute atomic E-state index is 0.403. The largest absolute Gasteiger partial charge is 0.391 e. The molecule has 0 bridgehead atoms. The Hall–Kier alpha value is -1.94. The van der Waals surface area contributed by atoms with E-state index >= 15 is 0 Å². The molecule has 0 spiro atoms. The monoisotopic (exact) mass is 289 g/mol. The van der Waals surface area contributed by atoms with Crippen LogP contribution >= 0.6 is 11.6 Å². The van der Waals surface area contributed by atoms with E-state index in [4.69, 9.17) is 16.4 Å². The highest BCUT2D eigenvalue weighted by Crippen LogP contribution is 2.11. The number of aryl methyl sites for hydroxylation is 2. The first-order valence-corrected chi connectivity index (χ1v) is 6.65. The molecule has 0 aliphatic rings. The third-order valence-electron chi connectivity index (χ3n) is 2.84. The lowest BCUT2D eigenvalue weighted by atomic mass is 10.2. The minimum atomic E-state index is 0.403. The van der Waals surface area contributed by atoms with E-state index in [2.05, 4.69) is 15.1 Å². The number of halogens is 1. The summed E-state index contributed by atoms with van der Waals surface area (Å²) in [6.45, 7) is 6.08. The summed E-state index contributed by atoms with van der Waals surface area (Å²) in [6.07, 6.45) is 1.77. The van der Waals surface area contributed by atoms with Gasteiger partial charge in [-0.05, 0) is 38.5 Å². The van der Waals surface area contributed by atoms with Gasteiger partial charge in [-0.3, -0.25) is 0 Å². The van der Waals surface area contributed by atoms with E-state index in [1.807, 2.05) is 45.0 Å². The third kappa shape index (κ3) is 3.78. The average Bonchev–Trinajstić information content (AvgIpc) is 2.41. The first kappa shape index (κ1) is 14.5. The summed E-state index contributed by atoms with van der Waals surface area (Å²) < 4.78 is 0. The van der Waals surface area contributed by atoms with Gasteiger partial charge in [-0.1, -0.05) is 28.9 Å². The molecule has 0 aliphatic heterocycles. The van der Waals surface area contributed by atoms with Crippen LogP contribution in [0.5, 0.6) is 0 Å². The Bertz CT molecular complexity index is 624. The number of hydrogen-bond donors (Lipinski definition) is 0. The van der Waals surface area contributed by atoms with E-state index in [0.717, 1.165) is 28.4 Å². The van der Waals surface area contributed by atoms with Crippen LogP contribution in [0.25, 0.3) is 0 Å². The van der Waals surface area contributed by atoms with Crippen molar-refractivity contribution in [3.63, 3.8) is 0 Å². The molecular weight excluding hydrogens is 274 g/mol. The van der Waals surface area contributed by atoms with Crippen molar-refractivity contribution < 1.29 is 4.84 Å². The summed E-state index contributed by atoms with van der Waals surface area (Å²) in [6, 6.07) is 7.48. The molecule has 104 valence electrons. The van der Waals surface area contributed by atoms with Gasteiger partial charge < -0.3 is 4.84 Å². The Kier molecular flexibility index (Phi) is 4.69. The molecule has 0 N–H and O–H groups in total.